The van der Waals surface area contributed by atoms with Crippen LogP contribution in [0.4, 0.5) is 14.5 Å². The molecule has 0 unspecified atom stereocenters. The minimum atomic E-state index is -1.16. The monoisotopic (exact) mass is 624 g/mol. The van der Waals surface area contributed by atoms with E-state index in [-0.39, 0.29) is 17.5 Å². The first kappa shape index (κ1) is 31.5. The zero-order valence-electron chi connectivity index (χ0n) is 25.0. The number of nitrogens with zero attached hydrogens (tertiary/aromatic N) is 4. The molecule has 0 aliphatic rings. The minimum absolute atomic E-state index is 0.159. The number of carbonyl (C=O) groups excluding carboxylic acids is 3. The number of likely N-dealkylation sites (N-methyl/N-ethyl adjacent to an activating group) is 1. The SMILES string of the molecule is COc1ccc(N(C)C(=O)[C@H](Cc2cc(F)cc(F)c2)NC(=O)c2cccc(-c3cn(Cc4ccc(C(N)=O)cc4)nn3)c2)cc1. The third kappa shape index (κ3) is 7.59. The van der Waals surface area contributed by atoms with Gasteiger partial charge in [0.25, 0.3) is 5.91 Å². The molecule has 0 aliphatic heterocycles. The Morgan fingerprint density at radius 3 is 2.26 bits per heavy atom. The molecule has 1 atom stereocenters. The van der Waals surface area contributed by atoms with Crippen molar-refractivity contribution in [3.8, 4) is 17.0 Å². The second-order valence-corrected chi connectivity index (χ2v) is 10.5. The molecule has 5 rings (SSSR count). The molecule has 3 N–H and O–H groups in total. The number of ether oxygens (including phenoxy) is 1. The Morgan fingerprint density at radius 2 is 1.61 bits per heavy atom. The summed E-state index contributed by atoms with van der Waals surface area (Å²) in [5.41, 5.74) is 8.67. The summed E-state index contributed by atoms with van der Waals surface area (Å²) in [6.45, 7) is 0.387. The largest absolute Gasteiger partial charge is 0.497 e. The van der Waals surface area contributed by atoms with E-state index >= 15 is 0 Å². The lowest BCUT2D eigenvalue weighted by molar-refractivity contribution is -0.120. The molecule has 0 spiro atoms. The fraction of sp³-hybridized carbons (Fsp3) is 0.147. The lowest BCUT2D eigenvalue weighted by Crippen LogP contribution is -2.48. The van der Waals surface area contributed by atoms with Gasteiger partial charge in [-0.1, -0.05) is 29.5 Å². The molecule has 5 aromatic rings. The van der Waals surface area contributed by atoms with Crippen LogP contribution in [0.15, 0.2) is 97.2 Å². The molecule has 3 amide bonds. The molecule has 12 heteroatoms. The van der Waals surface area contributed by atoms with E-state index in [1.807, 2.05) is 0 Å². The lowest BCUT2D eigenvalue weighted by atomic mass is 10.0. The van der Waals surface area contributed by atoms with Crippen LogP contribution in [-0.4, -0.2) is 52.9 Å². The number of rotatable bonds is 11. The van der Waals surface area contributed by atoms with E-state index in [4.69, 9.17) is 10.5 Å². The van der Waals surface area contributed by atoms with Crippen LogP contribution in [0.3, 0.4) is 0 Å². The van der Waals surface area contributed by atoms with Crippen molar-refractivity contribution in [2.24, 2.45) is 5.73 Å². The zero-order chi connectivity index (χ0) is 32.8. The van der Waals surface area contributed by atoms with Crippen LogP contribution >= 0.6 is 0 Å². The predicted octanol–water partition coefficient (Wildman–Crippen LogP) is 4.38. The molecule has 234 valence electrons. The van der Waals surface area contributed by atoms with Crippen molar-refractivity contribution in [3.63, 3.8) is 0 Å². The maximum Gasteiger partial charge on any atom is 0.251 e. The van der Waals surface area contributed by atoms with Gasteiger partial charge in [0.05, 0.1) is 19.9 Å². The van der Waals surface area contributed by atoms with Crippen molar-refractivity contribution < 1.29 is 27.9 Å². The maximum atomic E-state index is 14.0. The maximum absolute atomic E-state index is 14.0. The number of nitrogens with one attached hydrogen (secondary N) is 1. The summed E-state index contributed by atoms with van der Waals surface area (Å²) in [5, 5.41) is 11.1. The van der Waals surface area contributed by atoms with Crippen LogP contribution in [-0.2, 0) is 17.8 Å². The van der Waals surface area contributed by atoms with Crippen molar-refractivity contribution >= 4 is 23.4 Å². The molecule has 0 fully saturated rings. The molecule has 0 saturated carbocycles. The molecule has 1 aromatic heterocycles. The van der Waals surface area contributed by atoms with E-state index in [9.17, 15) is 23.2 Å². The normalized spacial score (nSPS) is 11.5. The number of halogens is 2. The third-order valence-electron chi connectivity index (χ3n) is 7.30. The van der Waals surface area contributed by atoms with Gasteiger partial charge in [-0.15, -0.1) is 5.10 Å². The first-order valence-electron chi connectivity index (χ1n) is 14.2. The fourth-order valence-corrected chi connectivity index (χ4v) is 4.86. The summed E-state index contributed by atoms with van der Waals surface area (Å²) in [7, 11) is 3.07. The van der Waals surface area contributed by atoms with E-state index in [0.29, 0.717) is 34.8 Å². The number of methoxy groups -OCH3 is 1. The number of anilines is 1. The highest BCUT2D eigenvalue weighted by molar-refractivity contribution is 6.02. The van der Waals surface area contributed by atoms with E-state index in [2.05, 4.69) is 15.6 Å². The Bertz CT molecular complexity index is 1860. The number of benzene rings is 4. The van der Waals surface area contributed by atoms with Gasteiger partial charge in [0.1, 0.15) is 29.1 Å². The van der Waals surface area contributed by atoms with Crippen molar-refractivity contribution in [1.29, 1.82) is 0 Å². The lowest BCUT2D eigenvalue weighted by Gasteiger charge is -2.25. The number of primary amides is 1. The van der Waals surface area contributed by atoms with Gasteiger partial charge < -0.3 is 20.7 Å². The first-order valence-corrected chi connectivity index (χ1v) is 14.2. The quantitative estimate of drug-likeness (QED) is 0.224. The predicted molar refractivity (Wildman–Crippen MR) is 167 cm³/mol. The molecule has 10 nitrogen and oxygen atoms in total. The van der Waals surface area contributed by atoms with Crippen molar-refractivity contribution in [2.45, 2.75) is 19.0 Å². The molecule has 1 heterocycles. The summed E-state index contributed by atoms with van der Waals surface area (Å²) in [4.78, 5) is 39.9. The molecular weight excluding hydrogens is 594 g/mol. The van der Waals surface area contributed by atoms with Crippen molar-refractivity contribution in [3.05, 3.63) is 131 Å². The Morgan fingerprint density at radius 1 is 0.913 bits per heavy atom. The molecule has 0 radical (unpaired) electrons. The highest BCUT2D eigenvalue weighted by Crippen LogP contribution is 2.22. The average molecular weight is 625 g/mol. The third-order valence-corrected chi connectivity index (χ3v) is 7.30. The van der Waals surface area contributed by atoms with Gasteiger partial charge in [-0.2, -0.15) is 0 Å². The van der Waals surface area contributed by atoms with Gasteiger partial charge >= 0.3 is 0 Å². The number of nitrogens with two attached hydrogens (primary N) is 1. The molecular formula is C34H30F2N6O4. The zero-order valence-corrected chi connectivity index (χ0v) is 25.0. The number of carbonyl (C=O) groups is 3. The van der Waals surface area contributed by atoms with Gasteiger partial charge in [-0.25, -0.2) is 13.5 Å². The minimum Gasteiger partial charge on any atom is -0.497 e. The van der Waals surface area contributed by atoms with Gasteiger partial charge in [-0.3, -0.25) is 14.4 Å². The standard InChI is InChI=1S/C34H30F2N6O4/c1-41(28-10-12-29(46-2)13-11-28)34(45)30(16-22-14-26(35)18-27(36)15-22)38-33(44)25-5-3-4-24(17-25)31-20-42(40-39-31)19-21-6-8-23(9-7-21)32(37)43/h3-15,17-18,20,30H,16,19H2,1-2H3,(H2,37,43)(H,38,44)/t30-/m0/s1. The molecule has 0 aliphatic carbocycles. The number of aromatic nitrogens is 3. The van der Waals surface area contributed by atoms with Gasteiger partial charge in [-0.05, 0) is 71.8 Å². The van der Waals surface area contributed by atoms with E-state index in [1.165, 1.54) is 12.0 Å². The van der Waals surface area contributed by atoms with Crippen LogP contribution in [0, 0.1) is 11.6 Å². The van der Waals surface area contributed by atoms with Gasteiger partial charge in [0, 0.05) is 41.9 Å². The van der Waals surface area contributed by atoms with Gasteiger partial charge in [0.15, 0.2) is 0 Å². The van der Waals surface area contributed by atoms with Crippen molar-refractivity contribution in [2.75, 3.05) is 19.1 Å². The second-order valence-electron chi connectivity index (χ2n) is 10.5. The molecule has 0 bridgehead atoms. The van der Waals surface area contributed by atoms with Crippen LogP contribution in [0.1, 0.15) is 31.8 Å². The smallest absolute Gasteiger partial charge is 0.251 e. The Hall–Kier alpha value is -5.91. The number of hydrogen-bond acceptors (Lipinski definition) is 6. The summed E-state index contributed by atoms with van der Waals surface area (Å²) in [5.74, 6) is -2.56. The highest BCUT2D eigenvalue weighted by atomic mass is 19.1. The number of amides is 3. The van der Waals surface area contributed by atoms with E-state index in [1.54, 1.807) is 90.7 Å². The Kier molecular flexibility index (Phi) is 9.46. The summed E-state index contributed by atoms with van der Waals surface area (Å²) >= 11 is 0. The molecule has 0 saturated heterocycles. The Labute approximate surface area is 263 Å². The average Bonchev–Trinajstić information content (AvgIpc) is 3.52. The van der Waals surface area contributed by atoms with Crippen LogP contribution in [0.5, 0.6) is 5.75 Å². The van der Waals surface area contributed by atoms with Crippen LogP contribution < -0.4 is 20.7 Å². The van der Waals surface area contributed by atoms with E-state index in [0.717, 1.165) is 23.8 Å². The van der Waals surface area contributed by atoms with Crippen LogP contribution in [0.25, 0.3) is 11.3 Å². The first-order chi connectivity index (χ1) is 22.1. The second kappa shape index (κ2) is 13.8. The summed E-state index contributed by atoms with van der Waals surface area (Å²) < 4.78 is 34.8. The van der Waals surface area contributed by atoms with Gasteiger partial charge in [0.2, 0.25) is 11.8 Å². The topological polar surface area (TPSA) is 132 Å². The molecule has 4 aromatic carbocycles. The van der Waals surface area contributed by atoms with Crippen molar-refractivity contribution in [1.82, 2.24) is 20.3 Å². The van der Waals surface area contributed by atoms with E-state index < -0.39 is 35.4 Å². The highest BCUT2D eigenvalue weighted by Gasteiger charge is 2.26. The Balaban J connectivity index is 1.35. The molecule has 46 heavy (non-hydrogen) atoms. The summed E-state index contributed by atoms with van der Waals surface area (Å²) in [6.07, 6.45) is 1.56. The summed E-state index contributed by atoms with van der Waals surface area (Å²) in [6, 6.07) is 22.0. The fourth-order valence-electron chi connectivity index (χ4n) is 4.86. The number of hydrogen-bond donors (Lipinski definition) is 2. The van der Waals surface area contributed by atoms with Crippen LogP contribution in [0.2, 0.25) is 0 Å².